The molecule has 0 radical (unpaired) electrons. The van der Waals surface area contributed by atoms with Crippen molar-refractivity contribution in [2.24, 2.45) is 5.41 Å². The van der Waals surface area contributed by atoms with Crippen LogP contribution in [-0.4, -0.2) is 37.0 Å². The van der Waals surface area contributed by atoms with E-state index in [1.54, 1.807) is 0 Å². The molecule has 0 bridgehead atoms. The minimum Gasteiger partial charge on any atom is -0.341 e. The molecule has 3 nitrogen and oxygen atoms in total. The van der Waals surface area contributed by atoms with Crippen LogP contribution in [0.1, 0.15) is 39.0 Å². The van der Waals surface area contributed by atoms with Gasteiger partial charge in [-0.25, -0.2) is 0 Å². The average molecular weight is 210 g/mol. The molecule has 2 rings (SSSR count). The fraction of sp³-hybridized carbons (Fsp3) is 0.917. The molecule has 2 aliphatic rings. The molecule has 86 valence electrons. The van der Waals surface area contributed by atoms with Gasteiger partial charge in [0.2, 0.25) is 5.91 Å². The Bertz CT molecular complexity index is 248. The number of rotatable bonds is 5. The van der Waals surface area contributed by atoms with Gasteiger partial charge < -0.3 is 10.2 Å². The molecule has 2 fully saturated rings. The smallest absolute Gasteiger partial charge is 0.239 e. The van der Waals surface area contributed by atoms with Gasteiger partial charge in [0.15, 0.2) is 0 Å². The average Bonchev–Trinajstić information content (AvgIpc) is 2.88. The summed E-state index contributed by atoms with van der Waals surface area (Å²) in [6.45, 7) is 4.20. The predicted octanol–water partition coefficient (Wildman–Crippen LogP) is 1.39. The van der Waals surface area contributed by atoms with E-state index in [1.165, 1.54) is 25.7 Å². The van der Waals surface area contributed by atoms with Crippen LogP contribution in [0.2, 0.25) is 0 Å². The zero-order valence-electron chi connectivity index (χ0n) is 9.88. The van der Waals surface area contributed by atoms with Crippen LogP contribution >= 0.6 is 0 Å². The summed E-state index contributed by atoms with van der Waals surface area (Å²) in [5, 5.41) is 3.09. The number of nitrogens with one attached hydrogen (secondary N) is 1. The summed E-state index contributed by atoms with van der Waals surface area (Å²) in [4.78, 5) is 14.0. The fourth-order valence-corrected chi connectivity index (χ4v) is 2.76. The highest BCUT2D eigenvalue weighted by molar-refractivity contribution is 5.84. The maximum Gasteiger partial charge on any atom is 0.239 e. The van der Waals surface area contributed by atoms with E-state index < -0.39 is 0 Å². The van der Waals surface area contributed by atoms with Gasteiger partial charge in [-0.2, -0.15) is 0 Å². The minimum atomic E-state index is 0.0856. The Morgan fingerprint density at radius 2 is 2.27 bits per heavy atom. The van der Waals surface area contributed by atoms with Crippen molar-refractivity contribution in [2.75, 3.05) is 20.1 Å². The molecule has 1 aliphatic carbocycles. The van der Waals surface area contributed by atoms with Gasteiger partial charge in [0.05, 0.1) is 6.04 Å². The lowest BCUT2D eigenvalue weighted by molar-refractivity contribution is -0.130. The molecule has 1 saturated carbocycles. The van der Waals surface area contributed by atoms with Gasteiger partial charge >= 0.3 is 0 Å². The Balaban J connectivity index is 1.88. The van der Waals surface area contributed by atoms with Crippen LogP contribution in [0.15, 0.2) is 0 Å². The van der Waals surface area contributed by atoms with Crippen LogP contribution in [-0.2, 0) is 4.79 Å². The van der Waals surface area contributed by atoms with Crippen LogP contribution in [0.5, 0.6) is 0 Å². The lowest BCUT2D eigenvalue weighted by atomic mass is 10.0. The van der Waals surface area contributed by atoms with Crippen molar-refractivity contribution in [1.82, 2.24) is 10.2 Å². The van der Waals surface area contributed by atoms with E-state index in [9.17, 15) is 4.79 Å². The predicted molar refractivity (Wildman–Crippen MR) is 60.6 cm³/mol. The number of carbonyl (C=O) groups is 1. The third kappa shape index (κ3) is 2.17. The fourth-order valence-electron chi connectivity index (χ4n) is 2.76. The third-order valence-corrected chi connectivity index (χ3v) is 3.91. The Kier molecular flexibility index (Phi) is 3.01. The number of hydrogen-bond acceptors (Lipinski definition) is 2. The Morgan fingerprint density at radius 3 is 2.73 bits per heavy atom. The zero-order valence-corrected chi connectivity index (χ0v) is 9.88. The number of likely N-dealkylation sites (N-methyl/N-ethyl adjacent to an activating group) is 1. The zero-order chi connectivity index (χ0) is 10.9. The van der Waals surface area contributed by atoms with E-state index in [-0.39, 0.29) is 6.04 Å². The van der Waals surface area contributed by atoms with Gasteiger partial charge in [-0.15, -0.1) is 0 Å². The van der Waals surface area contributed by atoms with Crippen LogP contribution < -0.4 is 5.32 Å². The molecular formula is C12H22N2O. The summed E-state index contributed by atoms with van der Waals surface area (Å²) < 4.78 is 0. The molecule has 15 heavy (non-hydrogen) atoms. The lowest BCUT2D eigenvalue weighted by Gasteiger charge is -2.23. The molecule has 1 amide bonds. The van der Waals surface area contributed by atoms with Crippen LogP contribution in [0.25, 0.3) is 0 Å². The molecule has 1 heterocycles. The molecule has 1 aliphatic heterocycles. The monoisotopic (exact) mass is 210 g/mol. The van der Waals surface area contributed by atoms with E-state index >= 15 is 0 Å². The van der Waals surface area contributed by atoms with Crippen molar-refractivity contribution in [3.8, 4) is 0 Å². The van der Waals surface area contributed by atoms with Crippen LogP contribution in [0, 0.1) is 5.41 Å². The van der Waals surface area contributed by atoms with E-state index in [0.717, 1.165) is 19.5 Å². The van der Waals surface area contributed by atoms with Crippen molar-refractivity contribution in [3.63, 3.8) is 0 Å². The highest BCUT2D eigenvalue weighted by Crippen LogP contribution is 2.50. The highest BCUT2D eigenvalue weighted by atomic mass is 16.2. The molecule has 1 saturated heterocycles. The lowest BCUT2D eigenvalue weighted by Crippen LogP contribution is -2.38. The van der Waals surface area contributed by atoms with Crippen molar-refractivity contribution in [1.29, 1.82) is 0 Å². The van der Waals surface area contributed by atoms with Crippen LogP contribution in [0.3, 0.4) is 0 Å². The number of amides is 1. The molecule has 0 aromatic rings. The second-order valence-corrected chi connectivity index (χ2v) is 5.14. The number of nitrogens with zero attached hydrogens (tertiary/aromatic N) is 1. The first-order chi connectivity index (χ1) is 7.21. The third-order valence-electron chi connectivity index (χ3n) is 3.91. The van der Waals surface area contributed by atoms with Crippen LogP contribution in [0.4, 0.5) is 0 Å². The summed E-state index contributed by atoms with van der Waals surface area (Å²) >= 11 is 0. The van der Waals surface area contributed by atoms with Gasteiger partial charge in [-0.05, 0) is 38.1 Å². The summed E-state index contributed by atoms with van der Waals surface area (Å²) in [6.07, 6.45) is 6.18. The molecule has 0 aromatic carbocycles. The topological polar surface area (TPSA) is 32.3 Å². The van der Waals surface area contributed by atoms with Gasteiger partial charge in [0.25, 0.3) is 0 Å². The quantitative estimate of drug-likeness (QED) is 0.743. The van der Waals surface area contributed by atoms with Crippen molar-refractivity contribution >= 4 is 5.91 Å². The summed E-state index contributed by atoms with van der Waals surface area (Å²) in [6, 6.07) is 0.0856. The molecule has 1 unspecified atom stereocenters. The second kappa shape index (κ2) is 4.12. The normalized spacial score (nSPS) is 28.5. The maximum atomic E-state index is 11.9. The number of likely N-dealkylation sites (tertiary alicyclic amines) is 1. The molecule has 0 aromatic heterocycles. The van der Waals surface area contributed by atoms with Gasteiger partial charge in [-0.3, -0.25) is 4.79 Å². The van der Waals surface area contributed by atoms with Crippen molar-refractivity contribution < 1.29 is 4.79 Å². The van der Waals surface area contributed by atoms with Gasteiger partial charge in [0.1, 0.15) is 0 Å². The second-order valence-electron chi connectivity index (χ2n) is 5.14. The first kappa shape index (κ1) is 10.9. The Morgan fingerprint density at radius 1 is 1.53 bits per heavy atom. The van der Waals surface area contributed by atoms with E-state index in [2.05, 4.69) is 17.1 Å². The Hall–Kier alpha value is -0.570. The van der Waals surface area contributed by atoms with Gasteiger partial charge in [-0.1, -0.05) is 13.3 Å². The molecule has 3 heteroatoms. The Labute approximate surface area is 92.2 Å². The van der Waals surface area contributed by atoms with Crippen molar-refractivity contribution in [3.05, 3.63) is 0 Å². The highest BCUT2D eigenvalue weighted by Gasteiger charge is 2.45. The SMILES string of the molecule is CCCC1(CN2CCC(NC)C2=O)CC1. The standard InChI is InChI=1S/C12H22N2O/c1-3-5-12(6-7-12)9-14-8-4-10(13-2)11(14)15/h10,13H,3-9H2,1-2H3. The molecule has 0 spiro atoms. The van der Waals surface area contributed by atoms with E-state index in [0.29, 0.717) is 11.3 Å². The summed E-state index contributed by atoms with van der Waals surface area (Å²) in [5.74, 6) is 0.319. The maximum absolute atomic E-state index is 11.9. The van der Waals surface area contributed by atoms with E-state index in [4.69, 9.17) is 0 Å². The first-order valence-corrected chi connectivity index (χ1v) is 6.17. The van der Waals surface area contributed by atoms with E-state index in [1.807, 2.05) is 7.05 Å². The summed E-state index contributed by atoms with van der Waals surface area (Å²) in [5.41, 5.74) is 0.507. The van der Waals surface area contributed by atoms with Crippen molar-refractivity contribution in [2.45, 2.75) is 45.1 Å². The largest absolute Gasteiger partial charge is 0.341 e. The molecule has 1 atom stereocenters. The van der Waals surface area contributed by atoms with Gasteiger partial charge in [0, 0.05) is 13.1 Å². The first-order valence-electron chi connectivity index (χ1n) is 6.17. The number of hydrogen-bond donors (Lipinski definition) is 1. The summed E-state index contributed by atoms with van der Waals surface area (Å²) in [7, 11) is 1.88. The molecular weight excluding hydrogens is 188 g/mol. The minimum absolute atomic E-state index is 0.0856. The number of carbonyl (C=O) groups excluding carboxylic acids is 1. The molecule has 1 N–H and O–H groups in total.